The molecule has 20 heteroatoms. The smallest absolute Gasteiger partial charge is 0.418 e. The van der Waals surface area contributed by atoms with E-state index in [9.17, 15) is 14.3 Å². The second kappa shape index (κ2) is 18.9. The maximum atomic E-state index is 18.1. The molecule has 3 aromatic carbocycles. The number of benzene rings is 3. The molecule has 2 saturated heterocycles. The third-order valence-corrected chi connectivity index (χ3v) is 13.4. The van der Waals surface area contributed by atoms with Crippen LogP contribution < -0.4 is 29.7 Å². The maximum absolute atomic E-state index is 18.1. The van der Waals surface area contributed by atoms with E-state index in [1.54, 1.807) is 53.1 Å². The van der Waals surface area contributed by atoms with Crippen molar-refractivity contribution in [1.82, 2.24) is 19.8 Å². The Balaban J connectivity index is 1.21. The van der Waals surface area contributed by atoms with E-state index in [1.165, 1.54) is 39.6 Å². The van der Waals surface area contributed by atoms with Gasteiger partial charge >= 0.3 is 18.2 Å². The monoisotopic (exact) mass is 974 g/mol. The van der Waals surface area contributed by atoms with E-state index in [1.807, 2.05) is 29.2 Å². The summed E-state index contributed by atoms with van der Waals surface area (Å²) in [6.45, 7) is 4.00. The molecule has 0 spiro atoms. The number of amidine groups is 1. The van der Waals surface area contributed by atoms with E-state index in [2.05, 4.69) is 20.6 Å². The highest BCUT2D eigenvalue weighted by atomic mass is 35.5. The van der Waals surface area contributed by atoms with Gasteiger partial charge in [-0.1, -0.05) is 41.9 Å². The largest absolute Gasteiger partial charge is 0.497 e. The second-order valence-electron chi connectivity index (χ2n) is 17.3. The summed E-state index contributed by atoms with van der Waals surface area (Å²) in [5.74, 6) is -0.748. The molecule has 69 heavy (non-hydrogen) atoms. The van der Waals surface area contributed by atoms with Crippen LogP contribution in [0.2, 0.25) is 5.02 Å². The third kappa shape index (κ3) is 9.24. The van der Waals surface area contributed by atoms with Crippen LogP contribution in [0.1, 0.15) is 65.6 Å². The Morgan fingerprint density at radius 3 is 2.39 bits per heavy atom. The van der Waals surface area contributed by atoms with Gasteiger partial charge in [0.05, 0.1) is 65.1 Å². The molecule has 3 atom stereocenters. The van der Waals surface area contributed by atoms with Crippen LogP contribution in [-0.4, -0.2) is 89.1 Å². The van der Waals surface area contributed by atoms with Gasteiger partial charge in [-0.05, 0) is 86.3 Å². The lowest BCUT2D eigenvalue weighted by molar-refractivity contribution is -0.137. The molecular formula is C49H48ClF5N8O6. The number of amides is 1. The zero-order chi connectivity index (χ0) is 48.8. The van der Waals surface area contributed by atoms with Crippen molar-refractivity contribution in [3.63, 3.8) is 0 Å². The van der Waals surface area contributed by atoms with Crippen LogP contribution in [0.4, 0.5) is 44.1 Å². The van der Waals surface area contributed by atoms with Crippen molar-refractivity contribution in [2.75, 3.05) is 56.1 Å². The van der Waals surface area contributed by atoms with Crippen molar-refractivity contribution in [3.8, 4) is 28.5 Å². The van der Waals surface area contributed by atoms with Crippen LogP contribution in [0.3, 0.4) is 0 Å². The molecule has 362 valence electrons. The topological polar surface area (TPSA) is 146 Å². The molecule has 14 nitrogen and oxygen atoms in total. The Labute approximate surface area is 399 Å². The minimum absolute atomic E-state index is 0.00193. The first-order valence-corrected chi connectivity index (χ1v) is 22.5. The number of methoxy groups -OCH3 is 2. The quantitative estimate of drug-likeness (QED) is 0.0911. The van der Waals surface area contributed by atoms with Crippen molar-refractivity contribution in [2.45, 2.75) is 70.1 Å². The van der Waals surface area contributed by atoms with Crippen molar-refractivity contribution in [1.29, 1.82) is 0 Å². The fraction of sp³-hybridized carbons (Fsp3) is 0.347. The number of rotatable bonds is 14. The summed E-state index contributed by atoms with van der Waals surface area (Å²) < 4.78 is 103. The lowest BCUT2D eigenvalue weighted by Crippen LogP contribution is -2.42. The van der Waals surface area contributed by atoms with E-state index in [0.29, 0.717) is 30.0 Å². The molecule has 1 amide bonds. The van der Waals surface area contributed by atoms with E-state index in [0.717, 1.165) is 17.5 Å². The van der Waals surface area contributed by atoms with Gasteiger partial charge in [-0.3, -0.25) is 10.2 Å². The number of nitrogens with one attached hydrogen (secondary N) is 2. The van der Waals surface area contributed by atoms with Gasteiger partial charge in [0.2, 0.25) is 0 Å². The Morgan fingerprint density at radius 2 is 1.75 bits per heavy atom. The highest BCUT2D eigenvalue weighted by molar-refractivity contribution is 6.37. The van der Waals surface area contributed by atoms with Crippen molar-refractivity contribution >= 4 is 40.9 Å². The van der Waals surface area contributed by atoms with Gasteiger partial charge in [-0.2, -0.15) is 13.2 Å². The summed E-state index contributed by atoms with van der Waals surface area (Å²) in [6, 6.07) is 18.1. The number of aromatic nitrogens is 2. The number of aliphatic imine (C=N–C) groups is 1. The average molecular weight is 975 g/mol. The van der Waals surface area contributed by atoms with Gasteiger partial charge in [-0.15, -0.1) is 0 Å². The first-order valence-electron chi connectivity index (χ1n) is 22.2. The molecule has 4 aliphatic rings. The number of ether oxygens (including phenoxy) is 4. The van der Waals surface area contributed by atoms with Crippen LogP contribution in [0, 0.1) is 12.7 Å². The Bertz CT molecular complexity index is 2780. The van der Waals surface area contributed by atoms with Crippen molar-refractivity contribution in [3.05, 3.63) is 129 Å². The summed E-state index contributed by atoms with van der Waals surface area (Å²) in [6.07, 6.45) is -3.06. The van der Waals surface area contributed by atoms with Gasteiger partial charge in [0, 0.05) is 37.8 Å². The number of fused-ring (bicyclic) bond motifs is 1. The minimum atomic E-state index is -5.05. The third-order valence-electron chi connectivity index (χ3n) is 13.0. The van der Waals surface area contributed by atoms with Crippen LogP contribution in [-0.2, 0) is 24.0 Å². The molecule has 6 heterocycles. The molecule has 5 aromatic rings. The molecule has 1 unspecified atom stereocenters. The average Bonchev–Trinajstić information content (AvgIpc) is 3.79. The molecule has 2 aromatic heterocycles. The fourth-order valence-corrected chi connectivity index (χ4v) is 10.1. The summed E-state index contributed by atoms with van der Waals surface area (Å²) in [4.78, 5) is 30.8. The first-order chi connectivity index (χ1) is 33.1. The summed E-state index contributed by atoms with van der Waals surface area (Å²) in [5, 5.41) is 14.6. The number of aryl methyl sites for hydroxylation is 1. The van der Waals surface area contributed by atoms with Gasteiger partial charge in [0.15, 0.2) is 11.6 Å². The number of halogens is 6. The number of alkyl halides is 4. The number of carboxylic acid groups (broad SMARTS) is 1. The predicted octanol–water partition coefficient (Wildman–Crippen LogP) is 10.6. The van der Waals surface area contributed by atoms with Crippen LogP contribution >= 0.6 is 11.6 Å². The number of carbonyl (C=O) groups is 1. The zero-order valence-electron chi connectivity index (χ0n) is 38.0. The van der Waals surface area contributed by atoms with Crippen molar-refractivity contribution < 1.29 is 50.8 Å². The molecular weight excluding hydrogens is 927 g/mol. The molecule has 0 bridgehead atoms. The lowest BCUT2D eigenvalue weighted by atomic mass is 9.95. The van der Waals surface area contributed by atoms with Gasteiger partial charge < -0.3 is 39.2 Å². The second-order valence-corrected chi connectivity index (χ2v) is 17.7. The van der Waals surface area contributed by atoms with Gasteiger partial charge in [0.1, 0.15) is 48.4 Å². The molecule has 0 radical (unpaired) electrons. The minimum Gasteiger partial charge on any atom is -0.497 e. The van der Waals surface area contributed by atoms with E-state index in [-0.39, 0.29) is 79.6 Å². The zero-order valence-corrected chi connectivity index (χ0v) is 38.7. The highest BCUT2D eigenvalue weighted by Crippen LogP contribution is 2.52. The first kappa shape index (κ1) is 47.2. The SMILES string of the molecule is COc1ccc(CN(Cc2ccc(OC)cc2)c2cc(C)c(C(F)(F)F)c(-c3c(F)c4c5c(c3Cl)NCN=C5N(C(C)c3cccnc3NC(=O)O)C=C(OC[C@@]35CCCN3C[C@H](F)C5)O4)n2)cc1. The predicted molar refractivity (Wildman–Crippen MR) is 249 cm³/mol. The summed E-state index contributed by atoms with van der Waals surface area (Å²) in [5.41, 5.74) is -1.74. The molecule has 2 fully saturated rings. The Morgan fingerprint density at radius 1 is 1.07 bits per heavy atom. The van der Waals surface area contributed by atoms with Crippen molar-refractivity contribution in [2.24, 2.45) is 4.99 Å². The molecule has 0 saturated carbocycles. The van der Waals surface area contributed by atoms with Crippen LogP contribution in [0.5, 0.6) is 17.2 Å². The highest BCUT2D eigenvalue weighted by Gasteiger charge is 2.50. The van der Waals surface area contributed by atoms with E-state index in [4.69, 9.17) is 35.5 Å². The van der Waals surface area contributed by atoms with E-state index >= 15 is 17.6 Å². The van der Waals surface area contributed by atoms with E-state index < -0.39 is 63.4 Å². The molecule has 3 N–H and O–H groups in total. The molecule has 9 rings (SSSR count). The lowest BCUT2D eigenvalue weighted by Gasteiger charge is -2.33. The summed E-state index contributed by atoms with van der Waals surface area (Å²) in [7, 11) is 3.08. The molecule has 4 aliphatic heterocycles. The number of nitrogens with zero attached hydrogens (tertiary/aromatic N) is 6. The standard InChI is InChI=1S/C49H48ClF5N8O6/c1-27-19-35(61(21-29-8-12-32(66-3)13-9-29)22-30-10-14-33(67-4)15-11-30)59-42(39(27)49(53,54)55)37-40(50)43-38-44(41(37)52)69-36(68-25-48-16-6-18-62(48)23-31(51)20-48)24-63(46(38)58-26-57-43)28(2)34-7-5-17-56-45(34)60-47(64)65/h5,7-15,17,19,24,28,31,57H,6,16,18,20-23,25-26H2,1-4H3,(H,56,60)(H,64,65)/t28?,31-,48+/m1/s1. The maximum Gasteiger partial charge on any atom is 0.418 e. The van der Waals surface area contributed by atoms with Crippen LogP contribution in [0.15, 0.2) is 90.1 Å². The Hall–Kier alpha value is -6.86. The normalized spacial score (nSPS) is 19.0. The summed E-state index contributed by atoms with van der Waals surface area (Å²) >= 11 is 7.19. The number of hydrogen-bond acceptors (Lipinski definition) is 12. The number of pyridine rings is 2. The molecule has 0 aliphatic carbocycles. The number of anilines is 3. The van der Waals surface area contributed by atoms with Gasteiger partial charge in [-0.25, -0.2) is 28.5 Å². The van der Waals surface area contributed by atoms with Crippen LogP contribution in [0.25, 0.3) is 11.3 Å². The Kier molecular flexibility index (Phi) is 12.9. The number of hydrogen-bond donors (Lipinski definition) is 3. The van der Waals surface area contributed by atoms with Gasteiger partial charge in [0.25, 0.3) is 0 Å². The fourth-order valence-electron chi connectivity index (χ4n) is 9.74.